The van der Waals surface area contributed by atoms with Gasteiger partial charge in [0.05, 0.1) is 0 Å². The van der Waals surface area contributed by atoms with Crippen LogP contribution >= 0.6 is 0 Å². The number of ether oxygens (including phenoxy) is 1. The van der Waals surface area contributed by atoms with Crippen LogP contribution in [0.4, 0.5) is 0 Å². The second-order valence-electron chi connectivity index (χ2n) is 7.00. The van der Waals surface area contributed by atoms with Gasteiger partial charge in [0.1, 0.15) is 0 Å². The number of hydrogen-bond donors (Lipinski definition) is 0. The van der Waals surface area contributed by atoms with Gasteiger partial charge >= 0.3 is 0 Å². The van der Waals surface area contributed by atoms with E-state index >= 15 is 0 Å². The zero-order valence-electron chi connectivity index (χ0n) is 13.3. The highest BCUT2D eigenvalue weighted by Crippen LogP contribution is 2.24. The quantitative estimate of drug-likeness (QED) is 0.800. The first-order chi connectivity index (χ1) is 10.3. The Morgan fingerprint density at radius 2 is 1.81 bits per heavy atom. The molecule has 0 unspecified atom stereocenters. The summed E-state index contributed by atoms with van der Waals surface area (Å²) in [5.41, 5.74) is 0. The molecule has 0 aromatic heterocycles. The van der Waals surface area contributed by atoms with Gasteiger partial charge in [-0.2, -0.15) is 0 Å². The van der Waals surface area contributed by atoms with Gasteiger partial charge in [0.15, 0.2) is 0 Å². The van der Waals surface area contributed by atoms with E-state index in [1.807, 2.05) is 0 Å². The number of nitrogens with zero attached hydrogens (tertiary/aromatic N) is 2. The molecule has 4 heteroatoms. The van der Waals surface area contributed by atoms with Crippen molar-refractivity contribution in [3.63, 3.8) is 0 Å². The van der Waals surface area contributed by atoms with Gasteiger partial charge in [-0.25, -0.2) is 0 Å². The summed E-state index contributed by atoms with van der Waals surface area (Å²) in [5, 5.41) is 0. The number of hydrogen-bond acceptors (Lipinski definition) is 3. The molecule has 2 saturated heterocycles. The van der Waals surface area contributed by atoms with Crippen molar-refractivity contribution in [2.24, 2.45) is 5.92 Å². The van der Waals surface area contributed by atoms with E-state index in [0.29, 0.717) is 18.2 Å². The molecule has 21 heavy (non-hydrogen) atoms. The van der Waals surface area contributed by atoms with Crippen LogP contribution in [0.1, 0.15) is 51.4 Å². The SMILES string of the molecule is O=C(C[C@H]1CCOC1)N1CCCN(C2CCCCC2)CC1. The number of carbonyl (C=O) groups excluding carboxylic acids is 1. The molecule has 4 nitrogen and oxygen atoms in total. The largest absolute Gasteiger partial charge is 0.381 e. The zero-order chi connectivity index (χ0) is 14.5. The van der Waals surface area contributed by atoms with E-state index in [1.54, 1.807) is 0 Å². The molecule has 2 heterocycles. The Kier molecular flexibility index (Phi) is 5.53. The summed E-state index contributed by atoms with van der Waals surface area (Å²) in [6, 6.07) is 0.789. The van der Waals surface area contributed by atoms with E-state index in [-0.39, 0.29) is 0 Å². The highest BCUT2D eigenvalue weighted by Gasteiger charge is 2.27. The molecule has 3 fully saturated rings. The summed E-state index contributed by atoms with van der Waals surface area (Å²) in [6.45, 7) is 5.78. The lowest BCUT2D eigenvalue weighted by molar-refractivity contribution is -0.132. The maximum absolute atomic E-state index is 12.4. The van der Waals surface area contributed by atoms with Crippen LogP contribution in [0.3, 0.4) is 0 Å². The van der Waals surface area contributed by atoms with E-state index in [2.05, 4.69) is 9.80 Å². The van der Waals surface area contributed by atoms with Crippen molar-refractivity contribution in [3.05, 3.63) is 0 Å². The van der Waals surface area contributed by atoms with Gasteiger partial charge in [0.25, 0.3) is 0 Å². The third-order valence-electron chi connectivity index (χ3n) is 5.46. The van der Waals surface area contributed by atoms with Gasteiger partial charge in [-0.1, -0.05) is 19.3 Å². The van der Waals surface area contributed by atoms with E-state index in [0.717, 1.165) is 51.7 Å². The molecule has 0 aromatic rings. The van der Waals surface area contributed by atoms with Crippen molar-refractivity contribution < 1.29 is 9.53 Å². The van der Waals surface area contributed by atoms with Crippen LogP contribution in [0.2, 0.25) is 0 Å². The molecule has 0 radical (unpaired) electrons. The zero-order valence-corrected chi connectivity index (χ0v) is 13.3. The third kappa shape index (κ3) is 4.19. The predicted octanol–water partition coefficient (Wildman–Crippen LogP) is 2.28. The first-order valence-corrected chi connectivity index (χ1v) is 8.92. The van der Waals surface area contributed by atoms with Crippen LogP contribution < -0.4 is 0 Å². The normalized spacial score (nSPS) is 29.5. The van der Waals surface area contributed by atoms with Crippen molar-refractivity contribution >= 4 is 5.91 Å². The van der Waals surface area contributed by atoms with E-state index in [4.69, 9.17) is 4.74 Å². The molecule has 1 saturated carbocycles. The Hall–Kier alpha value is -0.610. The molecule has 3 aliphatic rings. The predicted molar refractivity (Wildman–Crippen MR) is 83.2 cm³/mol. The molecular formula is C17H30N2O2. The van der Waals surface area contributed by atoms with Gasteiger partial charge in [-0.05, 0) is 31.6 Å². The monoisotopic (exact) mass is 294 g/mol. The molecule has 1 amide bonds. The minimum absolute atomic E-state index is 0.357. The molecule has 0 N–H and O–H groups in total. The van der Waals surface area contributed by atoms with Crippen LogP contribution in [0, 0.1) is 5.92 Å². The molecular weight excluding hydrogens is 264 g/mol. The highest BCUT2D eigenvalue weighted by atomic mass is 16.5. The van der Waals surface area contributed by atoms with Crippen LogP contribution in [-0.2, 0) is 9.53 Å². The second-order valence-corrected chi connectivity index (χ2v) is 7.00. The number of amides is 1. The van der Waals surface area contributed by atoms with Gasteiger partial charge in [0, 0.05) is 51.9 Å². The molecule has 2 aliphatic heterocycles. The summed E-state index contributed by atoms with van der Waals surface area (Å²) >= 11 is 0. The van der Waals surface area contributed by atoms with E-state index in [9.17, 15) is 4.79 Å². The maximum Gasteiger partial charge on any atom is 0.222 e. The summed E-state index contributed by atoms with van der Waals surface area (Å²) in [4.78, 5) is 17.2. The van der Waals surface area contributed by atoms with Crippen LogP contribution in [0.5, 0.6) is 0 Å². The minimum atomic E-state index is 0.357. The molecule has 0 spiro atoms. The Morgan fingerprint density at radius 1 is 0.952 bits per heavy atom. The molecule has 0 bridgehead atoms. The van der Waals surface area contributed by atoms with Gasteiger partial charge in [0.2, 0.25) is 5.91 Å². The van der Waals surface area contributed by atoms with Gasteiger partial charge < -0.3 is 9.64 Å². The fraction of sp³-hybridized carbons (Fsp3) is 0.941. The van der Waals surface area contributed by atoms with Crippen molar-refractivity contribution in [1.29, 1.82) is 0 Å². The summed E-state index contributed by atoms with van der Waals surface area (Å²) in [5.74, 6) is 0.825. The number of carbonyl (C=O) groups is 1. The molecule has 1 aliphatic carbocycles. The highest BCUT2D eigenvalue weighted by molar-refractivity contribution is 5.76. The summed E-state index contributed by atoms with van der Waals surface area (Å²) < 4.78 is 5.39. The Labute approximate surface area is 128 Å². The molecule has 0 aromatic carbocycles. The van der Waals surface area contributed by atoms with Gasteiger partial charge in [-0.3, -0.25) is 9.69 Å². The third-order valence-corrected chi connectivity index (χ3v) is 5.46. The van der Waals surface area contributed by atoms with E-state index in [1.165, 1.54) is 38.6 Å². The Balaban J connectivity index is 1.46. The van der Waals surface area contributed by atoms with Crippen molar-refractivity contribution in [1.82, 2.24) is 9.80 Å². The van der Waals surface area contributed by atoms with Crippen LogP contribution in [0.25, 0.3) is 0 Å². The van der Waals surface area contributed by atoms with Crippen LogP contribution in [-0.4, -0.2) is 61.1 Å². The smallest absolute Gasteiger partial charge is 0.222 e. The lowest BCUT2D eigenvalue weighted by Gasteiger charge is -2.33. The van der Waals surface area contributed by atoms with Crippen molar-refractivity contribution in [3.8, 4) is 0 Å². The van der Waals surface area contributed by atoms with Crippen molar-refractivity contribution in [2.75, 3.05) is 39.4 Å². The van der Waals surface area contributed by atoms with Crippen LogP contribution in [0.15, 0.2) is 0 Å². The fourth-order valence-corrected chi connectivity index (χ4v) is 4.12. The topological polar surface area (TPSA) is 32.8 Å². The minimum Gasteiger partial charge on any atom is -0.381 e. The Bertz CT molecular complexity index is 336. The molecule has 1 atom stereocenters. The molecule has 120 valence electrons. The van der Waals surface area contributed by atoms with Gasteiger partial charge in [-0.15, -0.1) is 0 Å². The lowest BCUT2D eigenvalue weighted by atomic mass is 9.94. The second kappa shape index (κ2) is 7.59. The first kappa shape index (κ1) is 15.3. The molecule has 3 rings (SSSR count). The summed E-state index contributed by atoms with van der Waals surface area (Å²) in [7, 11) is 0. The Morgan fingerprint density at radius 3 is 2.57 bits per heavy atom. The standard InChI is InChI=1S/C17H30N2O2/c20-17(13-15-7-12-21-14-15)19-9-4-8-18(10-11-19)16-5-2-1-3-6-16/h15-16H,1-14H2/t15-/m1/s1. The fourth-order valence-electron chi connectivity index (χ4n) is 4.12. The average molecular weight is 294 g/mol. The average Bonchev–Trinajstić information content (AvgIpc) is 2.89. The first-order valence-electron chi connectivity index (χ1n) is 8.92. The number of rotatable bonds is 3. The van der Waals surface area contributed by atoms with Crippen molar-refractivity contribution in [2.45, 2.75) is 57.4 Å². The maximum atomic E-state index is 12.4. The van der Waals surface area contributed by atoms with E-state index < -0.39 is 0 Å². The lowest BCUT2D eigenvalue weighted by Crippen LogP contribution is -2.40. The summed E-state index contributed by atoms with van der Waals surface area (Å²) in [6.07, 6.45) is 9.84.